The van der Waals surface area contributed by atoms with Gasteiger partial charge in [-0.05, 0) is 48.9 Å². The Balaban J connectivity index is 1.48. The van der Waals surface area contributed by atoms with E-state index in [1.807, 2.05) is 30.3 Å². The minimum Gasteiger partial charge on any atom is -0.308 e. The minimum absolute atomic E-state index is 0.374. The molecule has 0 aliphatic rings. The Bertz CT molecular complexity index is 1200. The predicted octanol–water partition coefficient (Wildman–Crippen LogP) is 7.00. The van der Waals surface area contributed by atoms with E-state index in [0.717, 1.165) is 22.5 Å². The van der Waals surface area contributed by atoms with Crippen LogP contribution in [0.15, 0.2) is 72.8 Å². The molecule has 1 heterocycles. The molecule has 0 fully saturated rings. The summed E-state index contributed by atoms with van der Waals surface area (Å²) in [5, 5.41) is 13.8. The largest absolute Gasteiger partial charge is 0.323 e. The van der Waals surface area contributed by atoms with Gasteiger partial charge in [0.25, 0.3) is 0 Å². The molecule has 1 aromatic heterocycles. The van der Waals surface area contributed by atoms with E-state index >= 15 is 0 Å². The average molecular weight is 437 g/mol. The molecule has 0 aliphatic heterocycles. The Labute approximate surface area is 184 Å². The lowest BCUT2D eigenvalue weighted by atomic mass is 10.1. The zero-order valence-electron chi connectivity index (χ0n) is 16.0. The summed E-state index contributed by atoms with van der Waals surface area (Å²) in [6.45, 7) is 2.05. The molecule has 0 bridgehead atoms. The number of aryl methyl sites for hydroxylation is 1. The number of benzene rings is 3. The van der Waals surface area contributed by atoms with Crippen molar-refractivity contribution in [3.8, 4) is 22.5 Å². The molecule has 3 N–H and O–H groups in total. The van der Waals surface area contributed by atoms with Gasteiger partial charge >= 0.3 is 6.03 Å². The van der Waals surface area contributed by atoms with Crippen molar-refractivity contribution in [2.45, 2.75) is 6.92 Å². The third-order valence-electron chi connectivity index (χ3n) is 4.53. The lowest BCUT2D eigenvalue weighted by molar-refractivity contribution is 0.262. The van der Waals surface area contributed by atoms with Crippen LogP contribution in [-0.4, -0.2) is 16.2 Å². The summed E-state index contributed by atoms with van der Waals surface area (Å²) < 4.78 is 0. The maximum absolute atomic E-state index is 12.3. The number of hydrogen-bond donors (Lipinski definition) is 3. The second-order valence-corrected chi connectivity index (χ2v) is 7.64. The molecular formula is C23H18Cl2N4O. The minimum atomic E-state index is -0.382. The number of halogens is 2. The highest BCUT2D eigenvalue weighted by atomic mass is 35.5. The first-order chi connectivity index (χ1) is 14.5. The predicted molar refractivity (Wildman–Crippen MR) is 123 cm³/mol. The van der Waals surface area contributed by atoms with Crippen LogP contribution in [0.1, 0.15) is 5.56 Å². The molecule has 0 saturated carbocycles. The fourth-order valence-electron chi connectivity index (χ4n) is 2.97. The molecule has 3 aromatic carbocycles. The van der Waals surface area contributed by atoms with Crippen LogP contribution >= 0.6 is 23.2 Å². The number of nitrogens with zero attached hydrogens (tertiary/aromatic N) is 1. The van der Waals surface area contributed by atoms with Gasteiger partial charge in [-0.25, -0.2) is 4.79 Å². The molecule has 0 saturated heterocycles. The first kappa shape index (κ1) is 20.0. The van der Waals surface area contributed by atoms with E-state index in [-0.39, 0.29) is 6.03 Å². The van der Waals surface area contributed by atoms with Gasteiger partial charge in [0.15, 0.2) is 0 Å². The zero-order chi connectivity index (χ0) is 21.1. The van der Waals surface area contributed by atoms with Crippen molar-refractivity contribution in [1.29, 1.82) is 0 Å². The molecular weight excluding hydrogens is 419 g/mol. The van der Waals surface area contributed by atoms with Gasteiger partial charge < -0.3 is 10.6 Å². The van der Waals surface area contributed by atoms with Gasteiger partial charge in [-0.1, -0.05) is 65.2 Å². The van der Waals surface area contributed by atoms with Crippen LogP contribution in [0.4, 0.5) is 16.2 Å². The van der Waals surface area contributed by atoms with Crippen molar-refractivity contribution in [2.24, 2.45) is 0 Å². The molecule has 5 nitrogen and oxygen atoms in total. The van der Waals surface area contributed by atoms with E-state index in [2.05, 4.69) is 52.0 Å². The standard InChI is InChI=1S/C23H18Cl2N4O/c1-14-5-7-15(8-6-14)21-13-22(29-28-21)16-3-2-4-17(11-16)26-23(30)27-18-9-10-19(24)20(25)12-18/h2-13H,1H3,(H,28,29)(H2,26,27,30). The Hall–Kier alpha value is -3.28. The van der Waals surface area contributed by atoms with Crippen molar-refractivity contribution in [3.63, 3.8) is 0 Å². The number of H-pyrrole nitrogens is 1. The molecule has 0 radical (unpaired) electrons. The van der Waals surface area contributed by atoms with Crippen LogP contribution in [0.25, 0.3) is 22.5 Å². The molecule has 4 aromatic rings. The number of carbonyl (C=O) groups is 1. The van der Waals surface area contributed by atoms with Gasteiger partial charge in [0.2, 0.25) is 0 Å². The SMILES string of the molecule is Cc1ccc(-c2cc(-c3cccc(NC(=O)Nc4ccc(Cl)c(Cl)c4)c3)n[nH]2)cc1. The summed E-state index contributed by atoms with van der Waals surface area (Å²) in [6, 6.07) is 22.2. The van der Waals surface area contributed by atoms with E-state index in [0.29, 0.717) is 21.4 Å². The van der Waals surface area contributed by atoms with E-state index < -0.39 is 0 Å². The fraction of sp³-hybridized carbons (Fsp3) is 0.0435. The topological polar surface area (TPSA) is 69.8 Å². The summed E-state index contributed by atoms with van der Waals surface area (Å²) in [7, 11) is 0. The molecule has 4 rings (SSSR count). The zero-order valence-corrected chi connectivity index (χ0v) is 17.6. The summed E-state index contributed by atoms with van der Waals surface area (Å²) in [5.41, 5.74) is 6.07. The highest BCUT2D eigenvalue weighted by molar-refractivity contribution is 6.42. The second-order valence-electron chi connectivity index (χ2n) is 6.82. The van der Waals surface area contributed by atoms with Gasteiger partial charge in [-0.2, -0.15) is 5.10 Å². The first-order valence-electron chi connectivity index (χ1n) is 9.24. The van der Waals surface area contributed by atoms with Gasteiger partial charge in [0.1, 0.15) is 0 Å². The Morgan fingerprint density at radius 3 is 2.30 bits per heavy atom. The maximum Gasteiger partial charge on any atom is 0.323 e. The van der Waals surface area contributed by atoms with Crippen LogP contribution in [0.5, 0.6) is 0 Å². The third-order valence-corrected chi connectivity index (χ3v) is 5.27. The van der Waals surface area contributed by atoms with Crippen molar-refractivity contribution in [1.82, 2.24) is 10.2 Å². The van der Waals surface area contributed by atoms with Crippen molar-refractivity contribution >= 4 is 40.6 Å². The smallest absolute Gasteiger partial charge is 0.308 e. The van der Waals surface area contributed by atoms with E-state index in [1.165, 1.54) is 5.56 Å². The number of hydrogen-bond acceptors (Lipinski definition) is 2. The number of rotatable bonds is 4. The second kappa shape index (κ2) is 8.61. The summed E-state index contributed by atoms with van der Waals surface area (Å²) >= 11 is 11.9. The van der Waals surface area contributed by atoms with Gasteiger partial charge in [0.05, 0.1) is 21.4 Å². The molecule has 30 heavy (non-hydrogen) atoms. The Morgan fingerprint density at radius 2 is 1.57 bits per heavy atom. The van der Waals surface area contributed by atoms with Gasteiger partial charge in [0, 0.05) is 16.9 Å². The van der Waals surface area contributed by atoms with Gasteiger partial charge in [-0.15, -0.1) is 0 Å². The van der Waals surface area contributed by atoms with Crippen LogP contribution in [0.2, 0.25) is 10.0 Å². The molecule has 7 heteroatoms. The monoisotopic (exact) mass is 436 g/mol. The van der Waals surface area contributed by atoms with Crippen molar-refractivity contribution in [3.05, 3.63) is 88.4 Å². The fourth-order valence-corrected chi connectivity index (χ4v) is 3.27. The average Bonchev–Trinajstić information content (AvgIpc) is 3.22. The number of amides is 2. The van der Waals surface area contributed by atoms with Crippen LogP contribution in [-0.2, 0) is 0 Å². The number of anilines is 2. The summed E-state index contributed by atoms with van der Waals surface area (Å²) in [5.74, 6) is 0. The lowest BCUT2D eigenvalue weighted by Crippen LogP contribution is -2.19. The van der Waals surface area contributed by atoms with Crippen LogP contribution < -0.4 is 10.6 Å². The van der Waals surface area contributed by atoms with Crippen LogP contribution in [0.3, 0.4) is 0 Å². The van der Waals surface area contributed by atoms with E-state index in [9.17, 15) is 4.79 Å². The molecule has 0 atom stereocenters. The van der Waals surface area contributed by atoms with E-state index in [4.69, 9.17) is 23.2 Å². The lowest BCUT2D eigenvalue weighted by Gasteiger charge is -2.09. The Kier molecular flexibility index (Phi) is 5.74. The molecule has 0 unspecified atom stereocenters. The number of urea groups is 1. The Morgan fingerprint density at radius 1 is 0.833 bits per heavy atom. The highest BCUT2D eigenvalue weighted by Gasteiger charge is 2.09. The number of carbonyl (C=O) groups excluding carboxylic acids is 1. The number of nitrogens with one attached hydrogen (secondary N) is 3. The van der Waals surface area contributed by atoms with Crippen molar-refractivity contribution < 1.29 is 4.79 Å². The molecule has 0 spiro atoms. The summed E-state index contributed by atoms with van der Waals surface area (Å²) in [4.78, 5) is 12.3. The van der Waals surface area contributed by atoms with Crippen LogP contribution in [0, 0.1) is 6.92 Å². The molecule has 2 amide bonds. The van der Waals surface area contributed by atoms with Crippen molar-refractivity contribution in [2.75, 3.05) is 10.6 Å². The third kappa shape index (κ3) is 4.64. The first-order valence-corrected chi connectivity index (χ1v) is 9.99. The molecule has 150 valence electrons. The quantitative estimate of drug-likeness (QED) is 0.322. The van der Waals surface area contributed by atoms with E-state index in [1.54, 1.807) is 18.2 Å². The molecule has 0 aliphatic carbocycles. The summed E-state index contributed by atoms with van der Waals surface area (Å²) in [6.07, 6.45) is 0. The number of aromatic amines is 1. The highest BCUT2D eigenvalue weighted by Crippen LogP contribution is 2.27. The number of aromatic nitrogens is 2. The maximum atomic E-state index is 12.3. The normalized spacial score (nSPS) is 10.6. The van der Waals surface area contributed by atoms with Gasteiger partial charge in [-0.3, -0.25) is 5.10 Å².